The van der Waals surface area contributed by atoms with Crippen molar-refractivity contribution >= 4 is 33.2 Å². The van der Waals surface area contributed by atoms with Gasteiger partial charge in [-0.3, -0.25) is 0 Å². The van der Waals surface area contributed by atoms with Crippen LogP contribution in [0.15, 0.2) is 77.5 Å². The molecular weight excluding hydrogens is 396 g/mol. The van der Waals surface area contributed by atoms with Gasteiger partial charge in [0.1, 0.15) is 36.5 Å². The molecule has 0 amide bonds. The highest BCUT2D eigenvalue weighted by Gasteiger charge is 2.16. The van der Waals surface area contributed by atoms with Gasteiger partial charge in [-0.05, 0) is 32.9 Å². The quantitative estimate of drug-likeness (QED) is 0.247. The SMILES string of the molecule is CC[N+](CC)=c1ccc2nc3c(cc(Nc4ccc[n+](CC)c4)c4ccccc43)oc-2c1. The maximum absolute atomic E-state index is 6.42. The number of aryl methyl sites for hydroxylation is 1. The summed E-state index contributed by atoms with van der Waals surface area (Å²) in [6.45, 7) is 9.30. The van der Waals surface area contributed by atoms with Crippen molar-refractivity contribution in [3.05, 3.63) is 78.4 Å². The van der Waals surface area contributed by atoms with Gasteiger partial charge in [0.15, 0.2) is 23.7 Å². The van der Waals surface area contributed by atoms with Gasteiger partial charge < -0.3 is 9.73 Å². The molecule has 0 atom stereocenters. The zero-order valence-corrected chi connectivity index (χ0v) is 18.8. The van der Waals surface area contributed by atoms with Crippen LogP contribution < -0.4 is 19.8 Å². The Morgan fingerprint density at radius 1 is 0.938 bits per heavy atom. The number of benzene rings is 3. The van der Waals surface area contributed by atoms with Crippen molar-refractivity contribution in [2.75, 3.05) is 18.4 Å². The second kappa shape index (κ2) is 8.42. The van der Waals surface area contributed by atoms with E-state index in [1.54, 1.807) is 0 Å². The first-order valence-corrected chi connectivity index (χ1v) is 11.3. The predicted molar refractivity (Wildman–Crippen MR) is 130 cm³/mol. The second-order valence-corrected chi connectivity index (χ2v) is 7.90. The van der Waals surface area contributed by atoms with Crippen LogP contribution in [0.4, 0.5) is 11.4 Å². The number of fused-ring (bicyclic) bond motifs is 4. The number of nitrogens with one attached hydrogen (secondary N) is 1. The molecule has 0 saturated carbocycles. The molecule has 0 fully saturated rings. The average molecular weight is 425 g/mol. The summed E-state index contributed by atoms with van der Waals surface area (Å²) in [6.07, 6.45) is 4.19. The van der Waals surface area contributed by atoms with Gasteiger partial charge in [-0.2, -0.15) is 0 Å². The fourth-order valence-electron chi connectivity index (χ4n) is 4.28. The second-order valence-electron chi connectivity index (χ2n) is 7.90. The van der Waals surface area contributed by atoms with E-state index >= 15 is 0 Å². The number of pyridine rings is 1. The van der Waals surface area contributed by atoms with Gasteiger partial charge in [-0.15, -0.1) is 0 Å². The summed E-state index contributed by atoms with van der Waals surface area (Å²) in [5.74, 6) is 0.798. The first-order chi connectivity index (χ1) is 15.7. The lowest BCUT2D eigenvalue weighted by molar-refractivity contribution is -0.692. The molecular formula is C27H28N4O+2. The minimum Gasteiger partial charge on any atom is -0.452 e. The molecule has 3 aromatic rings. The molecule has 0 spiro atoms. The molecule has 5 heteroatoms. The molecule has 2 aliphatic rings. The fourth-order valence-corrected chi connectivity index (χ4v) is 4.28. The number of hydrogen-bond donors (Lipinski definition) is 1. The van der Waals surface area contributed by atoms with Crippen LogP contribution in [0, 0.1) is 0 Å². The normalized spacial score (nSPS) is 11.3. The molecule has 1 N–H and O–H groups in total. The molecule has 0 bridgehead atoms. The molecule has 5 nitrogen and oxygen atoms in total. The molecule has 1 aliphatic carbocycles. The Balaban J connectivity index is 1.74. The van der Waals surface area contributed by atoms with Crippen molar-refractivity contribution in [1.29, 1.82) is 0 Å². The van der Waals surface area contributed by atoms with Crippen LogP contribution in [-0.4, -0.2) is 18.1 Å². The Morgan fingerprint density at radius 2 is 1.75 bits per heavy atom. The Bertz CT molecular complexity index is 1460. The summed E-state index contributed by atoms with van der Waals surface area (Å²) in [5.41, 5.74) is 4.56. The third-order valence-electron chi connectivity index (χ3n) is 6.01. The van der Waals surface area contributed by atoms with Crippen LogP contribution in [0.5, 0.6) is 0 Å². The number of nitrogens with zero attached hydrogens (tertiary/aromatic N) is 3. The lowest BCUT2D eigenvalue weighted by Gasteiger charge is -2.13. The Labute approximate surface area is 187 Å². The largest absolute Gasteiger partial charge is 0.452 e. The number of anilines is 2. The van der Waals surface area contributed by atoms with Gasteiger partial charge in [-0.25, -0.2) is 14.1 Å². The summed E-state index contributed by atoms with van der Waals surface area (Å²) < 4.78 is 10.9. The molecule has 5 rings (SSSR count). The highest BCUT2D eigenvalue weighted by Crippen LogP contribution is 2.35. The van der Waals surface area contributed by atoms with Crippen LogP contribution >= 0.6 is 0 Å². The maximum Gasteiger partial charge on any atom is 0.203 e. The topological polar surface area (TPSA) is 45.0 Å². The Hall–Kier alpha value is -3.73. The van der Waals surface area contributed by atoms with E-state index in [0.29, 0.717) is 0 Å². The van der Waals surface area contributed by atoms with E-state index in [0.717, 1.165) is 69.7 Å². The van der Waals surface area contributed by atoms with Crippen molar-refractivity contribution in [1.82, 2.24) is 9.56 Å². The van der Waals surface area contributed by atoms with Crippen molar-refractivity contribution in [3.63, 3.8) is 0 Å². The van der Waals surface area contributed by atoms with E-state index in [1.165, 1.54) is 0 Å². The summed E-state index contributed by atoms with van der Waals surface area (Å²) in [6, 6.07) is 20.8. The van der Waals surface area contributed by atoms with Crippen LogP contribution in [0.2, 0.25) is 0 Å². The van der Waals surface area contributed by atoms with E-state index in [1.807, 2.05) is 0 Å². The minimum atomic E-state index is 0.773. The monoisotopic (exact) mass is 424 g/mol. The van der Waals surface area contributed by atoms with Gasteiger partial charge >= 0.3 is 0 Å². The molecule has 0 saturated heterocycles. The lowest BCUT2D eigenvalue weighted by atomic mass is 10.1. The zero-order valence-electron chi connectivity index (χ0n) is 18.8. The maximum atomic E-state index is 6.42. The van der Waals surface area contributed by atoms with E-state index < -0.39 is 0 Å². The Kier molecular flexibility index (Phi) is 5.31. The van der Waals surface area contributed by atoms with E-state index in [9.17, 15) is 0 Å². The van der Waals surface area contributed by atoms with Gasteiger partial charge in [0.2, 0.25) is 5.36 Å². The van der Waals surface area contributed by atoms with Gasteiger partial charge in [-0.1, -0.05) is 24.3 Å². The first kappa shape index (κ1) is 20.2. The van der Waals surface area contributed by atoms with Crippen molar-refractivity contribution in [2.45, 2.75) is 27.3 Å². The average Bonchev–Trinajstić information content (AvgIpc) is 2.84. The van der Waals surface area contributed by atoms with Crippen molar-refractivity contribution in [3.8, 4) is 11.5 Å². The molecule has 2 heterocycles. The molecule has 160 valence electrons. The standard InChI is InChI=1S/C27H27N4O/c1-4-30-15-9-10-19(18-30)28-24-17-26-27(22-12-8-7-11-21(22)24)29-23-14-13-20(16-25(23)32-26)31(5-2)6-3/h7-18H,4-6H2,1-3H3/q+1/p+1. The predicted octanol–water partition coefficient (Wildman–Crippen LogP) is 4.95. The minimum absolute atomic E-state index is 0.773. The molecule has 32 heavy (non-hydrogen) atoms. The van der Waals surface area contributed by atoms with E-state index in [2.05, 4.69) is 108 Å². The first-order valence-electron chi connectivity index (χ1n) is 11.3. The third-order valence-corrected chi connectivity index (χ3v) is 6.01. The highest BCUT2D eigenvalue weighted by atomic mass is 16.3. The van der Waals surface area contributed by atoms with Gasteiger partial charge in [0.25, 0.3) is 0 Å². The number of hydrogen-bond acceptors (Lipinski definition) is 3. The van der Waals surface area contributed by atoms with Crippen LogP contribution in [0.3, 0.4) is 0 Å². The molecule has 0 unspecified atom stereocenters. The van der Waals surface area contributed by atoms with Gasteiger partial charge in [0, 0.05) is 29.0 Å². The molecule has 1 aromatic heterocycles. The number of rotatable bonds is 5. The summed E-state index contributed by atoms with van der Waals surface area (Å²) in [7, 11) is 0. The molecule has 2 aromatic carbocycles. The summed E-state index contributed by atoms with van der Waals surface area (Å²) >= 11 is 0. The fraction of sp³-hybridized carbons (Fsp3) is 0.222. The summed E-state index contributed by atoms with van der Waals surface area (Å²) in [4.78, 5) is 4.99. The lowest BCUT2D eigenvalue weighted by Crippen LogP contribution is -2.31. The Morgan fingerprint density at radius 3 is 2.53 bits per heavy atom. The van der Waals surface area contributed by atoms with Crippen molar-refractivity contribution in [2.24, 2.45) is 0 Å². The van der Waals surface area contributed by atoms with Crippen molar-refractivity contribution < 1.29 is 8.98 Å². The van der Waals surface area contributed by atoms with Crippen LogP contribution in [0.25, 0.3) is 33.3 Å². The molecule has 0 radical (unpaired) electrons. The number of aromatic nitrogens is 2. The van der Waals surface area contributed by atoms with Crippen LogP contribution in [0.1, 0.15) is 20.8 Å². The van der Waals surface area contributed by atoms with Gasteiger partial charge in [0.05, 0.1) is 11.8 Å². The zero-order chi connectivity index (χ0) is 22.1. The molecule has 1 aliphatic heterocycles. The summed E-state index contributed by atoms with van der Waals surface area (Å²) in [5, 5.41) is 6.94. The van der Waals surface area contributed by atoms with Crippen LogP contribution in [-0.2, 0) is 6.54 Å². The van der Waals surface area contributed by atoms with E-state index in [-0.39, 0.29) is 0 Å². The third kappa shape index (κ3) is 3.60. The van der Waals surface area contributed by atoms with E-state index in [4.69, 9.17) is 9.40 Å². The highest BCUT2D eigenvalue weighted by molar-refractivity contribution is 6.10. The smallest absolute Gasteiger partial charge is 0.203 e.